The molecule has 0 N–H and O–H groups in total. The van der Waals surface area contributed by atoms with Crippen LogP contribution in [0, 0.1) is 0 Å². The van der Waals surface area contributed by atoms with Crippen LogP contribution in [0.5, 0.6) is 0 Å². The van der Waals surface area contributed by atoms with Gasteiger partial charge in [-0.2, -0.15) is 0 Å². The molecule has 0 aliphatic carbocycles. The molecule has 0 aliphatic heterocycles. The molecule has 9 rings (SSSR count). The third-order valence-electron chi connectivity index (χ3n) is 7.94. The third kappa shape index (κ3) is 4.15. The maximum atomic E-state index is 6.18. The molecule has 3 heterocycles. The quantitative estimate of drug-likeness (QED) is 0.207. The Kier molecular flexibility index (Phi) is 5.61. The number of thiazole rings is 1. The highest BCUT2D eigenvalue weighted by molar-refractivity contribution is 7.21. The Bertz CT molecular complexity index is 2500. The van der Waals surface area contributed by atoms with Crippen molar-refractivity contribution in [2.45, 2.75) is 0 Å². The summed E-state index contributed by atoms with van der Waals surface area (Å²) in [6, 6.07) is 45.3. The van der Waals surface area contributed by atoms with Gasteiger partial charge in [-0.3, -0.25) is 0 Å². The van der Waals surface area contributed by atoms with Crippen LogP contribution in [-0.4, -0.2) is 19.9 Å². The van der Waals surface area contributed by atoms with Crippen molar-refractivity contribution in [3.63, 3.8) is 0 Å². The normalized spacial score (nSPS) is 11.6. The van der Waals surface area contributed by atoms with Crippen molar-refractivity contribution in [3.05, 3.63) is 133 Å². The van der Waals surface area contributed by atoms with Crippen LogP contribution < -0.4 is 0 Å². The molecule has 9 aromatic rings. The Hall–Kier alpha value is -5.72. The molecule has 0 atom stereocenters. The molecule has 0 saturated carbocycles. The number of hydrogen-bond acceptors (Lipinski definition) is 6. The highest BCUT2D eigenvalue weighted by Crippen LogP contribution is 2.37. The minimum Gasteiger partial charge on any atom is -0.456 e. The molecule has 0 unspecified atom stereocenters. The SMILES string of the molecule is c1ccc(-c2nc(-c3ccc4cc5sc(-c6ccccc6)nc5cc4c3)nc(-c3cccc4oc5ccccc5c34)n2)cc1. The van der Waals surface area contributed by atoms with E-state index in [4.69, 9.17) is 24.4 Å². The summed E-state index contributed by atoms with van der Waals surface area (Å²) < 4.78 is 7.35. The minimum absolute atomic E-state index is 0.605. The van der Waals surface area contributed by atoms with Gasteiger partial charge in [-0.05, 0) is 41.1 Å². The summed E-state index contributed by atoms with van der Waals surface area (Å²) in [4.78, 5) is 20.0. The molecule has 0 fully saturated rings. The van der Waals surface area contributed by atoms with Crippen LogP contribution in [0.4, 0.5) is 0 Å². The van der Waals surface area contributed by atoms with Crippen LogP contribution in [-0.2, 0) is 0 Å². The zero-order valence-corrected chi connectivity index (χ0v) is 24.1. The lowest BCUT2D eigenvalue weighted by molar-refractivity contribution is 0.669. The highest BCUT2D eigenvalue weighted by Gasteiger charge is 2.18. The van der Waals surface area contributed by atoms with Gasteiger partial charge in [-0.25, -0.2) is 19.9 Å². The van der Waals surface area contributed by atoms with E-state index in [-0.39, 0.29) is 0 Å². The average Bonchev–Trinajstić information content (AvgIpc) is 3.69. The Labute approximate surface area is 256 Å². The van der Waals surface area contributed by atoms with Crippen LogP contribution in [0.2, 0.25) is 0 Å². The van der Waals surface area contributed by atoms with Gasteiger partial charge < -0.3 is 4.42 Å². The van der Waals surface area contributed by atoms with Crippen LogP contribution in [0.15, 0.2) is 138 Å². The van der Waals surface area contributed by atoms with Crippen molar-refractivity contribution in [2.24, 2.45) is 0 Å². The Morgan fingerprint density at radius 3 is 2.02 bits per heavy atom. The first-order valence-corrected chi connectivity index (χ1v) is 15.2. The molecule has 5 nitrogen and oxygen atoms in total. The molecule has 0 spiro atoms. The fourth-order valence-electron chi connectivity index (χ4n) is 5.82. The van der Waals surface area contributed by atoms with Gasteiger partial charge in [0.15, 0.2) is 17.5 Å². The summed E-state index contributed by atoms with van der Waals surface area (Å²) in [6.07, 6.45) is 0. The summed E-state index contributed by atoms with van der Waals surface area (Å²) in [5.41, 5.74) is 6.51. The minimum atomic E-state index is 0.605. The predicted octanol–water partition coefficient (Wildman–Crippen LogP) is 10.2. The lowest BCUT2D eigenvalue weighted by atomic mass is 10.0. The Morgan fingerprint density at radius 2 is 1.18 bits per heavy atom. The second kappa shape index (κ2) is 9.93. The molecular formula is C38H22N4OS. The maximum absolute atomic E-state index is 6.18. The lowest BCUT2D eigenvalue weighted by Crippen LogP contribution is -2.00. The molecule has 0 saturated heterocycles. The van der Waals surface area contributed by atoms with Crippen LogP contribution in [0.1, 0.15) is 0 Å². The fraction of sp³-hybridized carbons (Fsp3) is 0. The number of rotatable bonds is 4. The topological polar surface area (TPSA) is 64.7 Å². The molecule has 206 valence electrons. The van der Waals surface area contributed by atoms with Crippen molar-refractivity contribution < 1.29 is 4.42 Å². The van der Waals surface area contributed by atoms with Gasteiger partial charge in [-0.15, -0.1) is 11.3 Å². The summed E-state index contributed by atoms with van der Waals surface area (Å²) in [5.74, 6) is 1.84. The first-order valence-electron chi connectivity index (χ1n) is 14.4. The highest BCUT2D eigenvalue weighted by atomic mass is 32.1. The van der Waals surface area contributed by atoms with E-state index in [1.165, 1.54) is 4.70 Å². The fourth-order valence-corrected chi connectivity index (χ4v) is 6.82. The second-order valence-corrected chi connectivity index (χ2v) is 11.7. The molecule has 44 heavy (non-hydrogen) atoms. The maximum Gasteiger partial charge on any atom is 0.164 e. The van der Waals surface area contributed by atoms with Crippen LogP contribution in [0.25, 0.3) is 87.7 Å². The predicted molar refractivity (Wildman–Crippen MR) is 180 cm³/mol. The molecule has 6 heteroatoms. The van der Waals surface area contributed by atoms with Crippen LogP contribution >= 0.6 is 11.3 Å². The van der Waals surface area contributed by atoms with Gasteiger partial charge in [0, 0.05) is 33.0 Å². The molecule has 6 aromatic carbocycles. The first-order chi connectivity index (χ1) is 21.8. The summed E-state index contributed by atoms with van der Waals surface area (Å²) in [6.45, 7) is 0. The van der Waals surface area contributed by atoms with Crippen LogP contribution in [0.3, 0.4) is 0 Å². The monoisotopic (exact) mass is 582 g/mol. The van der Waals surface area contributed by atoms with E-state index in [1.54, 1.807) is 11.3 Å². The third-order valence-corrected chi connectivity index (χ3v) is 9.00. The smallest absolute Gasteiger partial charge is 0.164 e. The standard InChI is InChI=1S/C38H22N4OS/c1-3-10-23(11-4-1)35-40-36(42-37(41-35)29-15-9-17-32-34(29)28-14-7-8-16-31(28)43-32)26-19-18-25-22-33-30(21-27(25)20-26)39-38(44-33)24-12-5-2-6-13-24/h1-22H. The molecule has 0 aliphatic rings. The number of furan rings is 1. The van der Waals surface area contributed by atoms with Crippen molar-refractivity contribution in [3.8, 4) is 44.7 Å². The van der Waals surface area contributed by atoms with Crippen molar-refractivity contribution >= 4 is 54.3 Å². The average molecular weight is 583 g/mol. The zero-order valence-electron chi connectivity index (χ0n) is 23.3. The summed E-state index contributed by atoms with van der Waals surface area (Å²) in [5, 5.41) is 5.29. The zero-order chi connectivity index (χ0) is 29.0. The number of aromatic nitrogens is 4. The van der Waals surface area contributed by atoms with E-state index in [0.717, 1.165) is 65.5 Å². The van der Waals surface area contributed by atoms with Crippen molar-refractivity contribution in [1.29, 1.82) is 0 Å². The van der Waals surface area contributed by atoms with E-state index >= 15 is 0 Å². The summed E-state index contributed by atoms with van der Waals surface area (Å²) in [7, 11) is 0. The lowest BCUT2D eigenvalue weighted by Gasteiger charge is -2.10. The number of hydrogen-bond donors (Lipinski definition) is 0. The van der Waals surface area contributed by atoms with E-state index in [1.807, 2.05) is 78.9 Å². The first kappa shape index (κ1) is 24.8. The second-order valence-electron chi connectivity index (χ2n) is 10.7. The largest absolute Gasteiger partial charge is 0.456 e. The number of fused-ring (bicyclic) bond motifs is 5. The van der Waals surface area contributed by atoms with Gasteiger partial charge in [0.1, 0.15) is 16.2 Å². The Morgan fingerprint density at radius 1 is 0.477 bits per heavy atom. The van der Waals surface area contributed by atoms with Gasteiger partial charge in [0.25, 0.3) is 0 Å². The molecular weight excluding hydrogens is 561 g/mol. The van der Waals surface area contributed by atoms with Gasteiger partial charge >= 0.3 is 0 Å². The molecule has 0 radical (unpaired) electrons. The summed E-state index contributed by atoms with van der Waals surface area (Å²) >= 11 is 1.72. The number of para-hydroxylation sites is 1. The Balaban J connectivity index is 1.23. The van der Waals surface area contributed by atoms with E-state index < -0.39 is 0 Å². The number of nitrogens with zero attached hydrogens (tertiary/aromatic N) is 4. The van der Waals surface area contributed by atoms with Crippen molar-refractivity contribution in [2.75, 3.05) is 0 Å². The van der Waals surface area contributed by atoms with E-state index in [2.05, 4.69) is 54.6 Å². The van der Waals surface area contributed by atoms with Gasteiger partial charge in [0.2, 0.25) is 0 Å². The van der Waals surface area contributed by atoms with Gasteiger partial charge in [-0.1, -0.05) is 103 Å². The molecule has 0 amide bonds. The molecule has 0 bridgehead atoms. The van der Waals surface area contributed by atoms with E-state index in [9.17, 15) is 0 Å². The molecule has 3 aromatic heterocycles. The van der Waals surface area contributed by atoms with Gasteiger partial charge in [0.05, 0.1) is 10.2 Å². The van der Waals surface area contributed by atoms with E-state index in [0.29, 0.717) is 17.5 Å². The number of benzene rings is 6. The van der Waals surface area contributed by atoms with Crippen molar-refractivity contribution in [1.82, 2.24) is 19.9 Å².